The van der Waals surface area contributed by atoms with Crippen LogP contribution in [0.15, 0.2) is 41.5 Å². The number of urea groups is 1. The molecule has 0 spiro atoms. The number of aliphatic hydroxyl groups excluding tert-OH is 1. The summed E-state index contributed by atoms with van der Waals surface area (Å²) in [5, 5.41) is 28.7. The Morgan fingerprint density at radius 2 is 1.84 bits per heavy atom. The minimum absolute atomic E-state index is 0.0509. The maximum Gasteiger partial charge on any atom is 0.416 e. The topological polar surface area (TPSA) is 177 Å². The zero-order valence-corrected chi connectivity index (χ0v) is 20.5. The van der Waals surface area contributed by atoms with Gasteiger partial charge in [0.2, 0.25) is 6.35 Å². The van der Waals surface area contributed by atoms with Crippen LogP contribution in [-0.2, 0) is 6.18 Å². The number of hydrogen-bond acceptors (Lipinski definition) is 7. The summed E-state index contributed by atoms with van der Waals surface area (Å²) in [5.74, 6) is 0.0671. The van der Waals surface area contributed by atoms with Crippen LogP contribution < -0.4 is 32.7 Å². The van der Waals surface area contributed by atoms with Crippen LogP contribution in [0.2, 0.25) is 0 Å². The number of halogens is 3. The van der Waals surface area contributed by atoms with E-state index in [9.17, 15) is 23.1 Å². The van der Waals surface area contributed by atoms with E-state index in [1.165, 1.54) is 6.08 Å². The van der Waals surface area contributed by atoms with Crippen molar-refractivity contribution in [2.45, 2.75) is 50.7 Å². The number of nitrogens with two attached hydrogens (primary N) is 2. The van der Waals surface area contributed by atoms with E-state index in [1.54, 1.807) is 11.1 Å². The predicted octanol–water partition coefficient (Wildman–Crippen LogP) is 1.68. The zero-order valence-electron chi connectivity index (χ0n) is 20.5. The molecule has 0 radical (unpaired) electrons. The van der Waals surface area contributed by atoms with E-state index in [2.05, 4.69) is 26.3 Å². The van der Waals surface area contributed by atoms with Gasteiger partial charge in [-0.15, -0.1) is 0 Å². The molecule has 0 aliphatic carbocycles. The van der Waals surface area contributed by atoms with Gasteiger partial charge >= 0.3 is 12.2 Å². The number of guanidine groups is 1. The van der Waals surface area contributed by atoms with Crippen molar-refractivity contribution >= 4 is 23.5 Å². The first-order chi connectivity index (χ1) is 17.6. The van der Waals surface area contributed by atoms with Crippen molar-refractivity contribution < 1.29 is 23.1 Å². The average molecular weight is 528 g/mol. The van der Waals surface area contributed by atoms with Gasteiger partial charge in [0.25, 0.3) is 0 Å². The number of amidine groups is 1. The molecule has 1 unspecified atom stereocenters. The number of nitrogens with one attached hydrogen (secondary N) is 5. The van der Waals surface area contributed by atoms with Crippen LogP contribution >= 0.6 is 0 Å². The van der Waals surface area contributed by atoms with Crippen LogP contribution in [0.25, 0.3) is 0 Å². The van der Waals surface area contributed by atoms with E-state index >= 15 is 0 Å². The molecule has 1 aromatic carbocycles. The highest BCUT2D eigenvalue weighted by Crippen LogP contribution is 2.29. The minimum atomic E-state index is -4.46. The Morgan fingerprint density at radius 1 is 1.14 bits per heavy atom. The van der Waals surface area contributed by atoms with E-state index in [1.807, 2.05) is 0 Å². The van der Waals surface area contributed by atoms with Crippen molar-refractivity contribution in [3.8, 4) is 0 Å². The van der Waals surface area contributed by atoms with Crippen molar-refractivity contribution in [2.75, 3.05) is 31.5 Å². The molecule has 1 aliphatic rings. The number of nitrogens with zero attached hydrogens (tertiary/aromatic N) is 2. The number of benzene rings is 1. The number of aliphatic imine (C=N–C) groups is 1. The quantitative estimate of drug-likeness (QED) is 0.109. The van der Waals surface area contributed by atoms with Gasteiger partial charge in [-0.1, -0.05) is 0 Å². The summed E-state index contributed by atoms with van der Waals surface area (Å²) >= 11 is 0. The summed E-state index contributed by atoms with van der Waals surface area (Å²) in [7, 11) is 0. The van der Waals surface area contributed by atoms with E-state index in [4.69, 9.17) is 16.9 Å². The van der Waals surface area contributed by atoms with Crippen LogP contribution in [0.4, 0.5) is 23.7 Å². The second-order valence-corrected chi connectivity index (χ2v) is 8.49. The molecule has 0 saturated carbocycles. The van der Waals surface area contributed by atoms with Gasteiger partial charge in [-0.05, 0) is 75.5 Å². The largest absolute Gasteiger partial charge is 0.416 e. The third-order valence-corrected chi connectivity index (χ3v) is 5.51. The van der Waals surface area contributed by atoms with Crippen molar-refractivity contribution in [1.82, 2.24) is 20.9 Å². The SMILES string of the molecule is N=C(N)NCCC[C@@H](CCCN1C=CC(NC(=O)Nc2ccc(C(F)(F)F)cc2)=NC1O)NCCCN. The summed E-state index contributed by atoms with van der Waals surface area (Å²) in [6.45, 7) is 2.57. The molecule has 0 bridgehead atoms. The molecule has 0 saturated heterocycles. The normalized spacial score (nSPS) is 16.2. The molecule has 2 rings (SSSR count). The fourth-order valence-electron chi connectivity index (χ4n) is 3.62. The molecule has 37 heavy (non-hydrogen) atoms. The lowest BCUT2D eigenvalue weighted by molar-refractivity contribution is -0.137. The Hall–Kier alpha value is -3.36. The molecule has 2 amide bonds. The number of anilines is 1. The predicted molar refractivity (Wildman–Crippen MR) is 137 cm³/mol. The molecule has 0 fully saturated rings. The van der Waals surface area contributed by atoms with Gasteiger partial charge in [0.05, 0.1) is 5.56 Å². The van der Waals surface area contributed by atoms with Gasteiger partial charge in [0.15, 0.2) is 5.96 Å². The number of carbonyl (C=O) groups is 1. The van der Waals surface area contributed by atoms with Crippen molar-refractivity contribution in [1.29, 1.82) is 5.41 Å². The van der Waals surface area contributed by atoms with Gasteiger partial charge in [-0.25, -0.2) is 9.79 Å². The van der Waals surface area contributed by atoms with Crippen LogP contribution in [0.1, 0.15) is 37.7 Å². The number of hydrogen-bond donors (Lipinski definition) is 8. The van der Waals surface area contributed by atoms with Crippen molar-refractivity contribution in [2.24, 2.45) is 16.5 Å². The van der Waals surface area contributed by atoms with E-state index < -0.39 is 24.1 Å². The molecule has 14 heteroatoms. The van der Waals surface area contributed by atoms with Crippen LogP contribution in [0.3, 0.4) is 0 Å². The highest BCUT2D eigenvalue weighted by atomic mass is 19.4. The molecular weight excluding hydrogens is 491 g/mol. The highest BCUT2D eigenvalue weighted by molar-refractivity contribution is 6.07. The molecule has 1 aliphatic heterocycles. The monoisotopic (exact) mass is 527 g/mol. The Labute approximate surface area is 214 Å². The van der Waals surface area contributed by atoms with Gasteiger partial charge in [-0.3, -0.25) is 10.7 Å². The summed E-state index contributed by atoms with van der Waals surface area (Å²) < 4.78 is 38.0. The fourth-order valence-corrected chi connectivity index (χ4v) is 3.62. The molecule has 1 aromatic rings. The van der Waals surface area contributed by atoms with Gasteiger partial charge in [-0.2, -0.15) is 13.2 Å². The highest BCUT2D eigenvalue weighted by Gasteiger charge is 2.30. The van der Waals surface area contributed by atoms with Crippen LogP contribution in [0.5, 0.6) is 0 Å². The second-order valence-electron chi connectivity index (χ2n) is 8.49. The lowest BCUT2D eigenvalue weighted by Crippen LogP contribution is -2.40. The van der Waals surface area contributed by atoms with Crippen LogP contribution in [0, 0.1) is 5.41 Å². The summed E-state index contributed by atoms with van der Waals surface area (Å²) in [6, 6.07) is 3.59. The average Bonchev–Trinajstić information content (AvgIpc) is 2.82. The lowest BCUT2D eigenvalue weighted by atomic mass is 10.1. The first-order valence-corrected chi connectivity index (χ1v) is 12.0. The van der Waals surface area contributed by atoms with E-state index in [0.29, 0.717) is 19.6 Å². The maximum atomic E-state index is 12.7. The molecule has 2 atom stereocenters. The summed E-state index contributed by atoms with van der Waals surface area (Å²) in [5.41, 5.74) is 10.2. The third-order valence-electron chi connectivity index (χ3n) is 5.51. The van der Waals surface area contributed by atoms with Crippen LogP contribution in [-0.4, -0.2) is 66.4 Å². The lowest BCUT2D eigenvalue weighted by Gasteiger charge is -2.28. The number of amides is 2. The number of rotatable bonds is 13. The smallest absolute Gasteiger partial charge is 0.370 e. The summed E-state index contributed by atoms with van der Waals surface area (Å²) in [4.78, 5) is 17.8. The Kier molecular flexibility index (Phi) is 12.1. The van der Waals surface area contributed by atoms with Crippen molar-refractivity contribution in [3.05, 3.63) is 42.1 Å². The summed E-state index contributed by atoms with van der Waals surface area (Å²) in [6.07, 6.45) is 1.74. The fraction of sp³-hybridized carbons (Fsp3) is 0.522. The number of alkyl halides is 3. The number of carbonyl (C=O) groups excluding carboxylic acids is 1. The molecule has 1 heterocycles. The first kappa shape index (κ1) is 29.9. The van der Waals surface area contributed by atoms with Gasteiger partial charge in [0, 0.05) is 31.0 Å². The Morgan fingerprint density at radius 3 is 2.46 bits per heavy atom. The maximum absolute atomic E-state index is 12.7. The molecule has 206 valence electrons. The first-order valence-electron chi connectivity index (χ1n) is 12.0. The molecule has 10 N–H and O–H groups in total. The third kappa shape index (κ3) is 11.5. The Balaban J connectivity index is 1.77. The molecule has 11 nitrogen and oxygen atoms in total. The van der Waals surface area contributed by atoms with Crippen molar-refractivity contribution in [3.63, 3.8) is 0 Å². The second kappa shape index (κ2) is 15.0. The number of aliphatic hydroxyl groups is 1. The molecular formula is C23H36F3N9O2. The standard InChI is InChI=1S/C23H36F3N9O2/c24-23(25,26)16-6-8-18(9-7-16)32-21(36)33-19-10-15-35(22(37)34-19)14-2-5-17(30-13-3-11-27)4-1-12-31-20(28)29/h6-10,15,17,22,30,37H,1-5,11-14,27H2,(H4,28,29,31)(H2,32,33,34,36)/t17-,22?/m0/s1. The molecule has 0 aromatic heterocycles. The minimum Gasteiger partial charge on any atom is -0.370 e. The van der Waals surface area contributed by atoms with Gasteiger partial charge < -0.3 is 37.4 Å². The van der Waals surface area contributed by atoms with Gasteiger partial charge in [0.1, 0.15) is 5.84 Å². The van der Waals surface area contributed by atoms with E-state index in [0.717, 1.165) is 62.9 Å². The zero-order chi connectivity index (χ0) is 27.3. The Bertz CT molecular complexity index is 923. The van der Waals surface area contributed by atoms with E-state index in [-0.39, 0.29) is 23.5 Å².